The van der Waals surface area contributed by atoms with Crippen LogP contribution in [-0.2, 0) is 17.6 Å². The van der Waals surface area contributed by atoms with E-state index in [0.717, 1.165) is 11.6 Å². The summed E-state index contributed by atoms with van der Waals surface area (Å²) < 4.78 is 11.1. The Morgan fingerprint density at radius 2 is 1.61 bits per heavy atom. The molecule has 13 nitrogen and oxygen atoms in total. The number of benzene rings is 3. The van der Waals surface area contributed by atoms with Gasteiger partial charge >= 0.3 is 0 Å². The summed E-state index contributed by atoms with van der Waals surface area (Å²) in [5, 5.41) is 75.2. The Hall–Kier alpha value is -4.36. The van der Waals surface area contributed by atoms with Crippen molar-refractivity contribution in [2.24, 2.45) is 5.11 Å². The van der Waals surface area contributed by atoms with Gasteiger partial charge in [0.2, 0.25) is 6.29 Å². The van der Waals surface area contributed by atoms with Crippen LogP contribution in [0.25, 0.3) is 10.4 Å². The van der Waals surface area contributed by atoms with E-state index >= 15 is 0 Å². The lowest BCUT2D eigenvalue weighted by Crippen LogP contribution is -2.60. The zero-order chi connectivity index (χ0) is 29.7. The van der Waals surface area contributed by atoms with E-state index < -0.39 is 54.6 Å². The van der Waals surface area contributed by atoms with E-state index in [4.69, 9.17) is 15.0 Å². The van der Waals surface area contributed by atoms with E-state index in [2.05, 4.69) is 10.0 Å². The van der Waals surface area contributed by atoms with Crippen LogP contribution < -0.4 is 4.74 Å². The predicted octanol–water partition coefficient (Wildman–Crippen LogP) is 2.33. The van der Waals surface area contributed by atoms with Gasteiger partial charge < -0.3 is 45.2 Å². The fourth-order valence-corrected chi connectivity index (χ4v) is 4.48. The van der Waals surface area contributed by atoms with Gasteiger partial charge in [-0.2, -0.15) is 0 Å². The molecule has 1 heterocycles. The van der Waals surface area contributed by atoms with Crippen LogP contribution in [0, 0.1) is 0 Å². The third-order valence-electron chi connectivity index (χ3n) is 6.77. The van der Waals surface area contributed by atoms with Gasteiger partial charge in [-0.1, -0.05) is 41.5 Å². The van der Waals surface area contributed by atoms with Gasteiger partial charge in [0, 0.05) is 35.1 Å². The summed E-state index contributed by atoms with van der Waals surface area (Å²) in [7, 11) is 0. The number of aliphatic hydroxyl groups excluding tert-OH is 4. The lowest BCUT2D eigenvalue weighted by Gasteiger charge is -2.39. The summed E-state index contributed by atoms with van der Waals surface area (Å²) in [5.41, 5.74) is 9.97. The number of carbonyl (C=O) groups is 1. The molecule has 4 rings (SSSR count). The molecule has 0 aliphatic carbocycles. The number of ether oxygens (including phenoxy) is 2. The van der Waals surface area contributed by atoms with Crippen LogP contribution in [0.4, 0.5) is 5.69 Å². The number of azide groups is 1. The summed E-state index contributed by atoms with van der Waals surface area (Å²) in [6, 6.07) is 13.6. The van der Waals surface area contributed by atoms with E-state index in [1.807, 2.05) is 0 Å². The van der Waals surface area contributed by atoms with Crippen molar-refractivity contribution >= 4 is 11.5 Å². The number of ketones is 1. The van der Waals surface area contributed by atoms with Gasteiger partial charge in [-0.15, -0.1) is 0 Å². The maximum atomic E-state index is 13.5. The average molecular weight is 568 g/mol. The number of aromatic hydroxyl groups is 3. The molecule has 0 aromatic heterocycles. The van der Waals surface area contributed by atoms with Crippen molar-refractivity contribution < 1.29 is 50.0 Å². The van der Waals surface area contributed by atoms with Crippen LogP contribution in [0.1, 0.15) is 33.5 Å². The van der Waals surface area contributed by atoms with Crippen LogP contribution in [0.5, 0.6) is 23.0 Å². The maximum absolute atomic E-state index is 13.5. The van der Waals surface area contributed by atoms with Crippen molar-refractivity contribution in [2.45, 2.75) is 50.0 Å². The van der Waals surface area contributed by atoms with E-state index in [9.17, 15) is 40.5 Å². The highest BCUT2D eigenvalue weighted by molar-refractivity contribution is 6.02. The minimum Gasteiger partial charge on any atom is -0.508 e. The second-order valence-corrected chi connectivity index (χ2v) is 9.53. The number of hydrogen-bond acceptors (Lipinski definition) is 11. The molecular weight excluding hydrogens is 538 g/mol. The quantitative estimate of drug-likeness (QED) is 0.0818. The van der Waals surface area contributed by atoms with Crippen LogP contribution in [0.3, 0.4) is 0 Å². The molecule has 7 N–H and O–H groups in total. The number of phenols is 3. The Balaban J connectivity index is 1.69. The Morgan fingerprint density at radius 3 is 2.24 bits per heavy atom. The first kappa shape index (κ1) is 29.6. The standard InChI is InChI=1S/C28H29N3O10/c29-31-30-16-6-1-15(2-7-16)11-18-20(35)12-21(40-28-27(39)26(38)25(37)22(13-32)41-28)23(24(18)36)19(34)10-5-14-3-8-17(33)9-4-14/h1-4,6-9,12,22,25-28,32-33,35-39H,5,10-11,13H2/t22-,25-,26+,27-,28-/m1/s1. The highest BCUT2D eigenvalue weighted by atomic mass is 16.7. The lowest BCUT2D eigenvalue weighted by atomic mass is 9.95. The monoisotopic (exact) mass is 567 g/mol. The summed E-state index contributed by atoms with van der Waals surface area (Å²) >= 11 is 0. The van der Waals surface area contributed by atoms with Crippen molar-refractivity contribution in [3.63, 3.8) is 0 Å². The van der Waals surface area contributed by atoms with Gasteiger partial charge in [0.1, 0.15) is 53.0 Å². The lowest BCUT2D eigenvalue weighted by molar-refractivity contribution is -0.277. The molecule has 0 saturated carbocycles. The van der Waals surface area contributed by atoms with Gasteiger partial charge in [-0.05, 0) is 35.2 Å². The Kier molecular flexibility index (Phi) is 9.30. The van der Waals surface area contributed by atoms with Crippen LogP contribution in [0.2, 0.25) is 0 Å². The first-order chi connectivity index (χ1) is 19.6. The SMILES string of the molecule is [N-]=[N+]=Nc1ccc(Cc2c(O)cc(O[C@@H]3O[C@H](CO)[C@@H](O)[C@H](O)[C@H]3O)c(C(=O)CCc3ccc(O)cc3)c2O)cc1. The topological polar surface area (TPSA) is 226 Å². The van der Waals surface area contributed by atoms with Crippen molar-refractivity contribution in [3.8, 4) is 23.0 Å². The number of rotatable bonds is 10. The zero-order valence-corrected chi connectivity index (χ0v) is 21.6. The molecule has 1 aliphatic rings. The molecule has 3 aromatic rings. The molecule has 1 saturated heterocycles. The zero-order valence-electron chi connectivity index (χ0n) is 21.6. The summed E-state index contributed by atoms with van der Waals surface area (Å²) in [4.78, 5) is 16.2. The Labute approximate surface area is 233 Å². The van der Waals surface area contributed by atoms with E-state index in [-0.39, 0.29) is 41.9 Å². The fourth-order valence-electron chi connectivity index (χ4n) is 4.48. The molecule has 0 radical (unpaired) electrons. The number of aryl methyl sites for hydroxylation is 1. The first-order valence-corrected chi connectivity index (χ1v) is 12.6. The minimum absolute atomic E-state index is 0.00401. The number of phenolic OH excluding ortho intramolecular Hbond substituents is 3. The minimum atomic E-state index is -1.80. The van der Waals surface area contributed by atoms with Gasteiger partial charge in [0.05, 0.1) is 6.61 Å². The van der Waals surface area contributed by atoms with Gasteiger partial charge in [-0.3, -0.25) is 4.79 Å². The molecule has 216 valence electrons. The third-order valence-corrected chi connectivity index (χ3v) is 6.77. The van der Waals surface area contributed by atoms with Crippen molar-refractivity contribution in [1.82, 2.24) is 0 Å². The Morgan fingerprint density at radius 1 is 0.951 bits per heavy atom. The highest BCUT2D eigenvalue weighted by Gasteiger charge is 2.45. The number of aliphatic hydroxyl groups is 4. The predicted molar refractivity (Wildman–Crippen MR) is 143 cm³/mol. The fraction of sp³-hybridized carbons (Fsp3) is 0.321. The van der Waals surface area contributed by atoms with Crippen molar-refractivity contribution in [2.75, 3.05) is 6.61 Å². The van der Waals surface area contributed by atoms with Gasteiger partial charge in [0.25, 0.3) is 0 Å². The second kappa shape index (κ2) is 12.9. The molecule has 1 fully saturated rings. The normalized spacial score (nSPS) is 22.1. The number of hydrogen-bond donors (Lipinski definition) is 7. The summed E-state index contributed by atoms with van der Waals surface area (Å²) in [6.07, 6.45) is -8.07. The van der Waals surface area contributed by atoms with E-state index in [0.29, 0.717) is 11.3 Å². The molecule has 13 heteroatoms. The molecule has 41 heavy (non-hydrogen) atoms. The molecule has 0 spiro atoms. The number of Topliss-reactive ketones (excluding diaryl/α,β-unsaturated/α-hetero) is 1. The van der Waals surface area contributed by atoms with Gasteiger partial charge in [-0.25, -0.2) is 0 Å². The summed E-state index contributed by atoms with van der Waals surface area (Å²) in [6.45, 7) is -0.711. The highest BCUT2D eigenvalue weighted by Crippen LogP contribution is 2.41. The van der Waals surface area contributed by atoms with E-state index in [1.54, 1.807) is 36.4 Å². The van der Waals surface area contributed by atoms with Crippen LogP contribution >= 0.6 is 0 Å². The average Bonchev–Trinajstić information content (AvgIpc) is 2.96. The molecule has 0 amide bonds. The largest absolute Gasteiger partial charge is 0.508 e. The Bertz CT molecular complexity index is 1420. The summed E-state index contributed by atoms with van der Waals surface area (Å²) in [5.74, 6) is -1.92. The smallest absolute Gasteiger partial charge is 0.229 e. The molecule has 3 aromatic carbocycles. The number of nitrogens with zero attached hydrogens (tertiary/aromatic N) is 3. The van der Waals surface area contributed by atoms with Crippen LogP contribution in [-0.4, -0.2) is 78.8 Å². The second-order valence-electron chi connectivity index (χ2n) is 9.53. The van der Waals surface area contributed by atoms with Crippen molar-refractivity contribution in [1.29, 1.82) is 0 Å². The third kappa shape index (κ3) is 6.69. The molecule has 0 bridgehead atoms. The molecule has 5 atom stereocenters. The van der Waals surface area contributed by atoms with Gasteiger partial charge in [0.15, 0.2) is 5.78 Å². The first-order valence-electron chi connectivity index (χ1n) is 12.6. The number of carbonyl (C=O) groups excluding carboxylic acids is 1. The molecule has 0 unspecified atom stereocenters. The van der Waals surface area contributed by atoms with Crippen molar-refractivity contribution in [3.05, 3.63) is 87.3 Å². The van der Waals surface area contributed by atoms with E-state index in [1.165, 1.54) is 12.1 Å². The van der Waals surface area contributed by atoms with Crippen LogP contribution in [0.15, 0.2) is 59.7 Å². The maximum Gasteiger partial charge on any atom is 0.229 e. The molecular formula is C28H29N3O10. The molecule has 1 aliphatic heterocycles.